The molecule has 0 saturated carbocycles. The van der Waals surface area contributed by atoms with Crippen LogP contribution in [0.2, 0.25) is 5.02 Å². The third-order valence-electron chi connectivity index (χ3n) is 3.03. The minimum Gasteiger partial charge on any atom is -0.313 e. The molecule has 2 N–H and O–H groups in total. The fourth-order valence-corrected chi connectivity index (χ4v) is 4.44. The molecule has 1 heterocycles. The molecule has 1 aliphatic heterocycles. The summed E-state index contributed by atoms with van der Waals surface area (Å²) >= 11 is 9.12. The minimum absolute atomic E-state index is 0.0392. The van der Waals surface area contributed by atoms with Crippen LogP contribution >= 0.6 is 27.5 Å². The molecule has 2 rings (SSSR count). The van der Waals surface area contributed by atoms with Crippen LogP contribution in [0, 0.1) is 0 Å². The van der Waals surface area contributed by atoms with E-state index in [2.05, 4.69) is 26.0 Å². The Balaban J connectivity index is 2.03. The lowest BCUT2D eigenvalue weighted by Crippen LogP contribution is -2.40. The molecule has 1 saturated heterocycles. The van der Waals surface area contributed by atoms with Crippen LogP contribution in [0.15, 0.2) is 22.7 Å². The van der Waals surface area contributed by atoms with Gasteiger partial charge in [0.1, 0.15) is 0 Å². The first kappa shape index (κ1) is 15.1. The number of benzene rings is 1. The van der Waals surface area contributed by atoms with E-state index in [1.54, 1.807) is 18.2 Å². The van der Waals surface area contributed by atoms with Crippen molar-refractivity contribution in [3.63, 3.8) is 0 Å². The summed E-state index contributed by atoms with van der Waals surface area (Å²) < 4.78 is 27.4. The van der Waals surface area contributed by atoms with E-state index >= 15 is 0 Å². The summed E-state index contributed by atoms with van der Waals surface area (Å²) in [7, 11) is -3.36. The van der Waals surface area contributed by atoms with Crippen molar-refractivity contribution in [2.45, 2.75) is 25.3 Å². The maximum Gasteiger partial charge on any atom is 0.234 e. The van der Waals surface area contributed by atoms with E-state index in [1.165, 1.54) is 0 Å². The summed E-state index contributed by atoms with van der Waals surface area (Å²) in [5, 5.41) is 3.79. The average molecular weight is 368 g/mol. The molecule has 1 fully saturated rings. The van der Waals surface area contributed by atoms with E-state index in [-0.39, 0.29) is 11.8 Å². The molecule has 0 amide bonds. The van der Waals surface area contributed by atoms with Crippen molar-refractivity contribution in [2.24, 2.45) is 0 Å². The monoisotopic (exact) mass is 366 g/mol. The summed E-state index contributed by atoms with van der Waals surface area (Å²) in [5.41, 5.74) is 0.514. The molecule has 1 aliphatic rings. The van der Waals surface area contributed by atoms with Gasteiger partial charge in [-0.1, -0.05) is 18.0 Å². The summed E-state index contributed by atoms with van der Waals surface area (Å²) in [6.45, 7) is 0.894. The molecule has 1 aromatic carbocycles. The molecule has 19 heavy (non-hydrogen) atoms. The summed E-state index contributed by atoms with van der Waals surface area (Å²) in [6.07, 6.45) is 3.10. The topological polar surface area (TPSA) is 58.2 Å². The highest BCUT2D eigenvalue weighted by molar-refractivity contribution is 9.10. The van der Waals surface area contributed by atoms with Crippen LogP contribution < -0.4 is 10.0 Å². The third-order valence-corrected chi connectivity index (χ3v) is 5.29. The molecule has 106 valence electrons. The van der Waals surface area contributed by atoms with Gasteiger partial charge in [-0.3, -0.25) is 4.72 Å². The molecular formula is C12H16BrClN2O2S. The first-order valence-electron chi connectivity index (χ1n) is 6.15. The number of halogens is 2. The zero-order valence-electron chi connectivity index (χ0n) is 10.3. The van der Waals surface area contributed by atoms with Crippen LogP contribution in [0.3, 0.4) is 0 Å². The Morgan fingerprint density at radius 2 is 2.21 bits per heavy atom. The Kier molecular flexibility index (Phi) is 5.11. The van der Waals surface area contributed by atoms with Gasteiger partial charge >= 0.3 is 0 Å². The predicted octanol–water partition coefficient (Wildman–Crippen LogP) is 2.99. The van der Waals surface area contributed by atoms with Crippen LogP contribution in [0.5, 0.6) is 0 Å². The van der Waals surface area contributed by atoms with Gasteiger partial charge in [0.2, 0.25) is 10.0 Å². The number of rotatable bonds is 4. The van der Waals surface area contributed by atoms with E-state index in [4.69, 9.17) is 11.6 Å². The second-order valence-electron chi connectivity index (χ2n) is 4.65. The fraction of sp³-hybridized carbons (Fsp3) is 0.500. The zero-order chi connectivity index (χ0) is 13.9. The van der Waals surface area contributed by atoms with Crippen molar-refractivity contribution >= 4 is 43.2 Å². The molecular weight excluding hydrogens is 352 g/mol. The Hall–Kier alpha value is -0.300. The van der Waals surface area contributed by atoms with Crippen molar-refractivity contribution in [3.05, 3.63) is 27.7 Å². The molecule has 0 aliphatic carbocycles. The van der Waals surface area contributed by atoms with E-state index < -0.39 is 10.0 Å². The number of piperidine rings is 1. The summed E-state index contributed by atoms with van der Waals surface area (Å²) in [6, 6.07) is 5.01. The largest absolute Gasteiger partial charge is 0.313 e. The number of nitrogens with one attached hydrogen (secondary N) is 2. The lowest BCUT2D eigenvalue weighted by atomic mass is 10.1. The second kappa shape index (κ2) is 6.43. The van der Waals surface area contributed by atoms with Crippen molar-refractivity contribution in [1.29, 1.82) is 0 Å². The zero-order valence-corrected chi connectivity index (χ0v) is 13.5. The standard InChI is InChI=1S/C12H16BrClN2O2S/c13-11-7-9(14)4-5-12(11)16-19(17,18)8-10-3-1-2-6-15-10/h4-5,7,10,15-16H,1-3,6,8H2. The Morgan fingerprint density at radius 3 is 2.84 bits per heavy atom. The third kappa shape index (κ3) is 4.63. The van der Waals surface area contributed by atoms with Crippen molar-refractivity contribution < 1.29 is 8.42 Å². The Morgan fingerprint density at radius 1 is 1.42 bits per heavy atom. The van der Waals surface area contributed by atoms with Gasteiger partial charge in [0.05, 0.1) is 11.4 Å². The highest BCUT2D eigenvalue weighted by Gasteiger charge is 2.21. The van der Waals surface area contributed by atoms with Gasteiger partial charge in [-0.25, -0.2) is 8.42 Å². The highest BCUT2D eigenvalue weighted by atomic mass is 79.9. The molecule has 1 aromatic rings. The Bertz CT molecular complexity index is 545. The maximum absolute atomic E-state index is 12.1. The molecule has 0 spiro atoms. The Labute approximate surface area is 127 Å². The lowest BCUT2D eigenvalue weighted by molar-refractivity contribution is 0.424. The van der Waals surface area contributed by atoms with Crippen LogP contribution in [-0.2, 0) is 10.0 Å². The van der Waals surface area contributed by atoms with Crippen LogP contribution in [0.25, 0.3) is 0 Å². The minimum atomic E-state index is -3.36. The maximum atomic E-state index is 12.1. The number of sulfonamides is 1. The summed E-state index contributed by atoms with van der Waals surface area (Å²) in [4.78, 5) is 0. The molecule has 1 unspecified atom stereocenters. The van der Waals surface area contributed by atoms with Gasteiger partial charge < -0.3 is 5.32 Å². The highest BCUT2D eigenvalue weighted by Crippen LogP contribution is 2.27. The van der Waals surface area contributed by atoms with Gasteiger partial charge in [0.15, 0.2) is 0 Å². The second-order valence-corrected chi connectivity index (χ2v) is 7.71. The van der Waals surface area contributed by atoms with Crippen LogP contribution in [0.4, 0.5) is 5.69 Å². The molecule has 1 atom stereocenters. The van der Waals surface area contributed by atoms with E-state index in [9.17, 15) is 8.42 Å². The predicted molar refractivity (Wildman–Crippen MR) is 82.2 cm³/mol. The van der Waals surface area contributed by atoms with Gasteiger partial charge in [0.25, 0.3) is 0 Å². The van der Waals surface area contributed by atoms with Crippen molar-refractivity contribution in [1.82, 2.24) is 5.32 Å². The fourth-order valence-electron chi connectivity index (χ4n) is 2.11. The quantitative estimate of drug-likeness (QED) is 0.860. The molecule has 0 bridgehead atoms. The van der Waals surface area contributed by atoms with Gasteiger partial charge in [-0.15, -0.1) is 0 Å². The van der Waals surface area contributed by atoms with E-state index in [1.807, 2.05) is 0 Å². The van der Waals surface area contributed by atoms with Crippen LogP contribution in [-0.4, -0.2) is 26.8 Å². The number of hydrogen-bond acceptors (Lipinski definition) is 3. The summed E-state index contributed by atoms with van der Waals surface area (Å²) in [5.74, 6) is 0.0993. The average Bonchev–Trinajstić information content (AvgIpc) is 2.33. The van der Waals surface area contributed by atoms with Gasteiger partial charge in [-0.2, -0.15) is 0 Å². The first-order chi connectivity index (χ1) is 8.96. The first-order valence-corrected chi connectivity index (χ1v) is 8.97. The molecule has 4 nitrogen and oxygen atoms in total. The molecule has 0 radical (unpaired) electrons. The van der Waals surface area contributed by atoms with Gasteiger partial charge in [-0.05, 0) is 53.5 Å². The SMILES string of the molecule is O=S(=O)(CC1CCCCN1)Nc1ccc(Cl)cc1Br. The molecule has 0 aromatic heterocycles. The van der Waals surface area contributed by atoms with E-state index in [0.717, 1.165) is 25.8 Å². The number of anilines is 1. The smallest absolute Gasteiger partial charge is 0.234 e. The normalized spacial score (nSPS) is 20.2. The van der Waals surface area contributed by atoms with E-state index in [0.29, 0.717) is 15.2 Å². The van der Waals surface area contributed by atoms with Crippen LogP contribution in [0.1, 0.15) is 19.3 Å². The lowest BCUT2D eigenvalue weighted by Gasteiger charge is -2.23. The van der Waals surface area contributed by atoms with Crippen molar-refractivity contribution in [3.8, 4) is 0 Å². The van der Waals surface area contributed by atoms with Crippen molar-refractivity contribution in [2.75, 3.05) is 17.0 Å². The van der Waals surface area contributed by atoms with Gasteiger partial charge in [0, 0.05) is 15.5 Å². The molecule has 7 heteroatoms. The number of hydrogen-bond donors (Lipinski definition) is 2.